The van der Waals surface area contributed by atoms with E-state index in [4.69, 9.17) is 13.9 Å². The maximum absolute atomic E-state index is 13.4. The number of Topliss-reactive ketones (excluding diaryl/α,β-unsaturated/α-hetero) is 1. The molecule has 1 aromatic heterocycles. The predicted octanol–water partition coefficient (Wildman–Crippen LogP) is 6.03. The van der Waals surface area contributed by atoms with Crippen LogP contribution in [0.4, 0.5) is 0 Å². The van der Waals surface area contributed by atoms with Crippen LogP contribution in [0.1, 0.15) is 82.8 Å². The third-order valence-corrected chi connectivity index (χ3v) is 9.47. The van der Waals surface area contributed by atoms with Crippen molar-refractivity contribution in [2.45, 2.75) is 104 Å². The van der Waals surface area contributed by atoms with E-state index < -0.39 is 40.6 Å². The first-order valence-electron chi connectivity index (χ1n) is 14.6. The molecule has 0 aliphatic carbocycles. The number of hydrogen-bond donors (Lipinski definition) is 2. The van der Waals surface area contributed by atoms with Gasteiger partial charge in [0.05, 0.1) is 11.7 Å². The minimum Gasteiger partial charge on any atom is -0.484 e. The van der Waals surface area contributed by atoms with Gasteiger partial charge in [-0.25, -0.2) is 4.79 Å². The Bertz CT molecular complexity index is 1460. The zero-order valence-electron chi connectivity index (χ0n) is 25.5. The highest BCUT2D eigenvalue weighted by Gasteiger charge is 2.53. The largest absolute Gasteiger partial charge is 0.484 e. The van der Waals surface area contributed by atoms with Crippen LogP contribution >= 0.6 is 0 Å². The second-order valence-electron chi connectivity index (χ2n) is 12.6. The van der Waals surface area contributed by atoms with Crippen LogP contribution in [0.2, 0.25) is 0 Å². The van der Waals surface area contributed by atoms with Crippen molar-refractivity contribution >= 4 is 16.8 Å². The molecule has 0 saturated carbocycles. The second-order valence-corrected chi connectivity index (χ2v) is 12.6. The van der Waals surface area contributed by atoms with Gasteiger partial charge in [0, 0.05) is 33.4 Å². The van der Waals surface area contributed by atoms with Gasteiger partial charge in [-0.15, -0.1) is 0 Å². The van der Waals surface area contributed by atoms with Crippen LogP contribution in [-0.2, 0) is 11.2 Å². The van der Waals surface area contributed by atoms with Gasteiger partial charge in [-0.05, 0) is 65.2 Å². The van der Waals surface area contributed by atoms with Crippen molar-refractivity contribution in [1.82, 2.24) is 0 Å². The van der Waals surface area contributed by atoms with Gasteiger partial charge in [-0.2, -0.15) is 0 Å². The number of fused-ring (bicyclic) bond motifs is 1. The Kier molecular flexibility index (Phi) is 8.57. The SMILES string of the molecule is CCC(C)(Cc1cc2ccc(OC(C)(CC)[C@H]3OC(C)(C)[C@H](C)[C@@H](O)C3O)c(C)c2oc1=O)C(=O)c1ccccc1. The van der Waals surface area contributed by atoms with Crippen molar-refractivity contribution in [3.63, 3.8) is 0 Å². The fourth-order valence-electron chi connectivity index (χ4n) is 5.77. The van der Waals surface area contributed by atoms with E-state index in [1.165, 1.54) is 0 Å². The maximum Gasteiger partial charge on any atom is 0.339 e. The topological polar surface area (TPSA) is 106 Å². The molecule has 7 nitrogen and oxygen atoms in total. The molecule has 1 fully saturated rings. The lowest BCUT2D eigenvalue weighted by Crippen LogP contribution is -2.65. The van der Waals surface area contributed by atoms with Gasteiger partial charge in [-0.3, -0.25) is 4.79 Å². The minimum absolute atomic E-state index is 0.00585. The minimum atomic E-state index is -1.13. The Morgan fingerprint density at radius 1 is 1.02 bits per heavy atom. The molecule has 4 rings (SSSR count). The van der Waals surface area contributed by atoms with E-state index in [9.17, 15) is 19.8 Å². The molecule has 1 aliphatic heterocycles. The zero-order chi connectivity index (χ0) is 30.3. The molecule has 7 heteroatoms. The molecule has 2 heterocycles. The fraction of sp³-hybridized carbons (Fsp3) is 0.529. The maximum atomic E-state index is 13.4. The predicted molar refractivity (Wildman–Crippen MR) is 160 cm³/mol. The molecule has 2 aromatic carbocycles. The van der Waals surface area contributed by atoms with E-state index in [-0.39, 0.29) is 18.1 Å². The average Bonchev–Trinajstić information content (AvgIpc) is 2.96. The van der Waals surface area contributed by atoms with Gasteiger partial charge in [0.15, 0.2) is 5.78 Å². The van der Waals surface area contributed by atoms with Crippen LogP contribution < -0.4 is 10.4 Å². The van der Waals surface area contributed by atoms with Gasteiger partial charge in [0.25, 0.3) is 0 Å². The fourth-order valence-corrected chi connectivity index (χ4v) is 5.77. The van der Waals surface area contributed by atoms with Gasteiger partial charge < -0.3 is 24.1 Å². The van der Waals surface area contributed by atoms with Crippen LogP contribution in [0.15, 0.2) is 57.7 Å². The molecule has 0 amide bonds. The Labute approximate surface area is 242 Å². The highest BCUT2D eigenvalue weighted by atomic mass is 16.6. The van der Waals surface area contributed by atoms with Crippen molar-refractivity contribution in [2.75, 3.05) is 0 Å². The Hall–Kier alpha value is -3.00. The van der Waals surface area contributed by atoms with Gasteiger partial charge >= 0.3 is 5.63 Å². The summed E-state index contributed by atoms with van der Waals surface area (Å²) in [7, 11) is 0. The quantitative estimate of drug-likeness (QED) is 0.242. The molecule has 3 unspecified atom stereocenters. The number of hydrogen-bond acceptors (Lipinski definition) is 7. The van der Waals surface area contributed by atoms with Crippen molar-refractivity contribution in [3.05, 3.63) is 75.6 Å². The first-order chi connectivity index (χ1) is 19.2. The molecular weight excluding hydrogens is 520 g/mol. The lowest BCUT2D eigenvalue weighted by Gasteiger charge is -2.51. The molecule has 1 aliphatic rings. The standard InChI is InChI=1S/C34H44O7/c1-9-33(7,29(37)22-14-12-11-13-15-22)19-24-18-23-16-17-25(20(3)28(23)39-31(24)38)40-34(8,10-2)30-27(36)26(35)21(4)32(5,6)41-30/h11-18,21,26-27,30,35-36H,9-10,19H2,1-8H3/t21-,26-,27?,30+,33?,34?/m1/s1. The van der Waals surface area contributed by atoms with E-state index >= 15 is 0 Å². The summed E-state index contributed by atoms with van der Waals surface area (Å²) in [5, 5.41) is 22.5. The highest BCUT2D eigenvalue weighted by Crippen LogP contribution is 2.41. The number of ether oxygens (including phenoxy) is 2. The first-order valence-corrected chi connectivity index (χ1v) is 14.6. The Morgan fingerprint density at radius 2 is 1.68 bits per heavy atom. The number of aryl methyl sites for hydroxylation is 1. The monoisotopic (exact) mass is 564 g/mol. The number of rotatable bonds is 9. The van der Waals surface area contributed by atoms with Crippen LogP contribution in [0, 0.1) is 18.3 Å². The van der Waals surface area contributed by atoms with Gasteiger partial charge in [-0.1, -0.05) is 58.0 Å². The second kappa shape index (κ2) is 11.3. The lowest BCUT2D eigenvalue weighted by atomic mass is 9.75. The van der Waals surface area contributed by atoms with Crippen molar-refractivity contribution in [2.24, 2.45) is 11.3 Å². The summed E-state index contributed by atoms with van der Waals surface area (Å²) >= 11 is 0. The Morgan fingerprint density at radius 3 is 2.29 bits per heavy atom. The van der Waals surface area contributed by atoms with Crippen molar-refractivity contribution < 1.29 is 28.9 Å². The molecule has 3 aromatic rings. The number of carbonyl (C=O) groups is 1. The summed E-state index contributed by atoms with van der Waals surface area (Å²) < 4.78 is 18.7. The summed E-state index contributed by atoms with van der Waals surface area (Å²) in [6.07, 6.45) is -1.55. The third kappa shape index (κ3) is 5.72. The summed E-state index contributed by atoms with van der Waals surface area (Å²) in [6, 6.07) is 14.6. The number of aliphatic hydroxyl groups is 2. The van der Waals surface area contributed by atoms with E-state index in [2.05, 4.69) is 0 Å². The van der Waals surface area contributed by atoms with E-state index in [0.717, 1.165) is 5.39 Å². The zero-order valence-corrected chi connectivity index (χ0v) is 25.5. The number of carbonyl (C=O) groups excluding carboxylic acids is 1. The van der Waals surface area contributed by atoms with E-state index in [0.29, 0.717) is 40.9 Å². The third-order valence-electron chi connectivity index (χ3n) is 9.47. The number of ketones is 1. The molecule has 222 valence electrons. The molecular formula is C34H44O7. The van der Waals surface area contributed by atoms with Gasteiger partial charge in [0.1, 0.15) is 29.1 Å². The van der Waals surface area contributed by atoms with Crippen molar-refractivity contribution in [1.29, 1.82) is 0 Å². The molecule has 2 N–H and O–H groups in total. The van der Waals surface area contributed by atoms with E-state index in [1.807, 2.05) is 85.7 Å². The van der Waals surface area contributed by atoms with Gasteiger partial charge in [0.2, 0.25) is 0 Å². The smallest absolute Gasteiger partial charge is 0.339 e. The summed E-state index contributed by atoms with van der Waals surface area (Å²) in [4.78, 5) is 26.6. The molecule has 41 heavy (non-hydrogen) atoms. The van der Waals surface area contributed by atoms with Crippen molar-refractivity contribution in [3.8, 4) is 5.75 Å². The van der Waals surface area contributed by atoms with Crippen LogP contribution in [0.3, 0.4) is 0 Å². The summed E-state index contributed by atoms with van der Waals surface area (Å²) in [6.45, 7) is 15.1. The number of aliphatic hydroxyl groups excluding tert-OH is 2. The first kappa shape index (κ1) is 30.9. The molecule has 6 atom stereocenters. The normalized spacial score (nSPS) is 25.3. The number of benzene rings is 2. The summed E-state index contributed by atoms with van der Waals surface area (Å²) in [5.74, 6) is 0.226. The lowest BCUT2D eigenvalue weighted by molar-refractivity contribution is -0.269. The molecule has 0 spiro atoms. The molecule has 1 saturated heterocycles. The molecule has 0 radical (unpaired) electrons. The van der Waals surface area contributed by atoms with Crippen LogP contribution in [0.5, 0.6) is 5.75 Å². The van der Waals surface area contributed by atoms with Crippen LogP contribution in [-0.4, -0.2) is 45.5 Å². The van der Waals surface area contributed by atoms with Crippen LogP contribution in [0.25, 0.3) is 11.0 Å². The summed E-state index contributed by atoms with van der Waals surface area (Å²) in [5.41, 5.74) is -0.776. The highest BCUT2D eigenvalue weighted by molar-refractivity contribution is 6.00. The average molecular weight is 565 g/mol. The molecule has 0 bridgehead atoms. The van der Waals surface area contributed by atoms with E-state index in [1.54, 1.807) is 18.2 Å². The Balaban J connectivity index is 1.66.